The average molecular weight is 258 g/mol. The molecule has 8 heteroatoms. The Balaban J connectivity index is 2.51. The summed E-state index contributed by atoms with van der Waals surface area (Å²) < 4.78 is 1.67. The maximum Gasteiger partial charge on any atom is 0.230 e. The fourth-order valence-corrected chi connectivity index (χ4v) is 1.86. The van der Waals surface area contributed by atoms with Gasteiger partial charge in [0, 0.05) is 12.6 Å². The van der Waals surface area contributed by atoms with E-state index in [0.29, 0.717) is 17.7 Å². The molecule has 1 aromatic heterocycles. The number of primary amides is 1. The number of carbonyl (C=O) groups excluding carboxylic acids is 1. The largest absolute Gasteiger partial charge is 0.369 e. The quantitative estimate of drug-likeness (QED) is 0.648. The van der Waals surface area contributed by atoms with E-state index in [1.54, 1.807) is 11.6 Å². The molecular formula is C9H18N6OS. The molecule has 0 aromatic carbocycles. The Bertz CT molecular complexity index is 366. The smallest absolute Gasteiger partial charge is 0.230 e. The van der Waals surface area contributed by atoms with E-state index < -0.39 is 0 Å². The first-order chi connectivity index (χ1) is 8.00. The highest BCUT2D eigenvalue weighted by molar-refractivity contribution is 8.00. The minimum atomic E-state index is -0.371. The maximum atomic E-state index is 11.0. The van der Waals surface area contributed by atoms with Gasteiger partial charge in [0.25, 0.3) is 0 Å². The molecule has 1 heterocycles. The summed E-state index contributed by atoms with van der Waals surface area (Å²) in [5.41, 5.74) is 5.19. The molecular weight excluding hydrogens is 240 g/mol. The first-order valence-corrected chi connectivity index (χ1v) is 6.34. The third kappa shape index (κ3) is 4.70. The first kappa shape index (κ1) is 13.9. The molecule has 0 radical (unpaired) electrons. The maximum absolute atomic E-state index is 11.0. The Hall–Kier alpha value is -1.15. The third-order valence-corrected chi connectivity index (χ3v) is 3.15. The van der Waals surface area contributed by atoms with Crippen molar-refractivity contribution in [2.45, 2.75) is 43.8 Å². The number of rotatable bonds is 7. The van der Waals surface area contributed by atoms with Crippen molar-refractivity contribution < 1.29 is 4.79 Å². The Labute approximate surface area is 105 Å². The van der Waals surface area contributed by atoms with Gasteiger partial charge in [-0.1, -0.05) is 25.6 Å². The zero-order chi connectivity index (χ0) is 12.8. The lowest BCUT2D eigenvalue weighted by molar-refractivity contribution is -0.117. The van der Waals surface area contributed by atoms with Gasteiger partial charge in [-0.25, -0.2) is 4.68 Å². The molecule has 0 aliphatic carbocycles. The highest BCUT2D eigenvalue weighted by Crippen LogP contribution is 2.19. The van der Waals surface area contributed by atoms with Crippen LogP contribution in [0, 0.1) is 0 Å². The summed E-state index contributed by atoms with van der Waals surface area (Å²) in [4.78, 5) is 11.0. The molecule has 1 unspecified atom stereocenters. The van der Waals surface area contributed by atoms with Crippen molar-refractivity contribution in [3.8, 4) is 0 Å². The Morgan fingerprint density at radius 3 is 2.82 bits per heavy atom. The van der Waals surface area contributed by atoms with Crippen LogP contribution in [0.25, 0.3) is 0 Å². The first-order valence-electron chi connectivity index (χ1n) is 5.46. The van der Waals surface area contributed by atoms with E-state index in [0.717, 1.165) is 6.54 Å². The van der Waals surface area contributed by atoms with Crippen LogP contribution < -0.4 is 11.1 Å². The Morgan fingerprint density at radius 2 is 2.24 bits per heavy atom. The van der Waals surface area contributed by atoms with E-state index in [4.69, 9.17) is 5.73 Å². The molecule has 1 atom stereocenters. The van der Waals surface area contributed by atoms with Gasteiger partial charge in [-0.2, -0.15) is 0 Å². The van der Waals surface area contributed by atoms with Gasteiger partial charge in [0.1, 0.15) is 0 Å². The second-order valence-corrected chi connectivity index (χ2v) is 5.26. The fraction of sp³-hybridized carbons (Fsp3) is 0.778. The van der Waals surface area contributed by atoms with Crippen LogP contribution in [0.4, 0.5) is 0 Å². The van der Waals surface area contributed by atoms with Crippen LogP contribution in [0.3, 0.4) is 0 Å². The van der Waals surface area contributed by atoms with Gasteiger partial charge in [0.05, 0.1) is 11.8 Å². The van der Waals surface area contributed by atoms with E-state index in [1.165, 1.54) is 11.8 Å². The van der Waals surface area contributed by atoms with Crippen molar-refractivity contribution in [2.24, 2.45) is 5.73 Å². The highest BCUT2D eigenvalue weighted by atomic mass is 32.2. The Kier molecular flexibility index (Phi) is 5.36. The molecule has 1 aromatic rings. The normalized spacial score (nSPS) is 12.9. The number of tetrazole rings is 1. The summed E-state index contributed by atoms with van der Waals surface area (Å²) >= 11 is 1.27. The summed E-state index contributed by atoms with van der Waals surface area (Å²) in [6.07, 6.45) is 0. The van der Waals surface area contributed by atoms with Gasteiger partial charge in [-0.05, 0) is 17.4 Å². The van der Waals surface area contributed by atoms with E-state index in [9.17, 15) is 4.79 Å². The lowest BCUT2D eigenvalue weighted by Crippen LogP contribution is -2.27. The van der Waals surface area contributed by atoms with E-state index >= 15 is 0 Å². The minimum absolute atomic E-state index is 0.335. The van der Waals surface area contributed by atoms with Crippen LogP contribution in [0.1, 0.15) is 20.8 Å². The number of hydrogen-bond acceptors (Lipinski definition) is 6. The lowest BCUT2D eigenvalue weighted by atomic mass is 10.4. The van der Waals surface area contributed by atoms with E-state index in [1.807, 2.05) is 0 Å². The number of aromatic nitrogens is 4. The summed E-state index contributed by atoms with van der Waals surface area (Å²) in [6.45, 7) is 7.33. The number of hydrogen-bond donors (Lipinski definition) is 2. The molecule has 96 valence electrons. The third-order valence-electron chi connectivity index (χ3n) is 2.06. The van der Waals surface area contributed by atoms with E-state index in [-0.39, 0.29) is 11.2 Å². The molecule has 0 aliphatic rings. The molecule has 0 saturated heterocycles. The molecule has 17 heavy (non-hydrogen) atoms. The van der Waals surface area contributed by atoms with Gasteiger partial charge < -0.3 is 11.1 Å². The molecule has 1 rings (SSSR count). The number of carbonyl (C=O) groups is 1. The predicted octanol–water partition coefficient (Wildman–Crippen LogP) is -0.363. The number of amides is 1. The van der Waals surface area contributed by atoms with Crippen LogP contribution in [0.15, 0.2) is 5.16 Å². The number of nitrogens with two attached hydrogens (primary N) is 1. The highest BCUT2D eigenvalue weighted by Gasteiger charge is 2.15. The second-order valence-electron chi connectivity index (χ2n) is 3.96. The molecule has 7 nitrogen and oxygen atoms in total. The van der Waals surface area contributed by atoms with Crippen LogP contribution in [-0.2, 0) is 11.3 Å². The lowest BCUT2D eigenvalue weighted by Gasteiger charge is -2.09. The number of nitrogens with zero attached hydrogens (tertiary/aromatic N) is 4. The monoisotopic (exact) mass is 258 g/mol. The van der Waals surface area contributed by atoms with Crippen molar-refractivity contribution in [3.05, 3.63) is 0 Å². The van der Waals surface area contributed by atoms with Crippen LogP contribution in [-0.4, -0.2) is 44.0 Å². The number of nitrogens with one attached hydrogen (secondary N) is 1. The van der Waals surface area contributed by atoms with Gasteiger partial charge >= 0.3 is 0 Å². The summed E-state index contributed by atoms with van der Waals surface area (Å²) in [7, 11) is 0. The zero-order valence-corrected chi connectivity index (χ0v) is 11.1. The van der Waals surface area contributed by atoms with Crippen LogP contribution in [0.2, 0.25) is 0 Å². The van der Waals surface area contributed by atoms with Crippen molar-refractivity contribution in [3.63, 3.8) is 0 Å². The summed E-state index contributed by atoms with van der Waals surface area (Å²) in [5.74, 6) is -0.371. The molecule has 1 amide bonds. The fourth-order valence-electron chi connectivity index (χ4n) is 1.10. The van der Waals surface area contributed by atoms with Crippen LogP contribution in [0.5, 0.6) is 0 Å². The average Bonchev–Trinajstić information content (AvgIpc) is 2.65. The van der Waals surface area contributed by atoms with Gasteiger partial charge in [0.2, 0.25) is 11.1 Å². The van der Waals surface area contributed by atoms with Crippen molar-refractivity contribution in [1.82, 2.24) is 25.5 Å². The summed E-state index contributed by atoms with van der Waals surface area (Å²) in [6, 6.07) is 0.423. The minimum Gasteiger partial charge on any atom is -0.369 e. The standard InChI is InChI=1S/C9H18N6OS/c1-6(2)11-4-5-15-9(12-13-14-15)17-7(3)8(10)16/h6-7,11H,4-5H2,1-3H3,(H2,10,16). The molecule has 0 spiro atoms. The number of thioether (sulfide) groups is 1. The molecule has 0 saturated carbocycles. The molecule has 3 N–H and O–H groups in total. The van der Waals surface area contributed by atoms with E-state index in [2.05, 4.69) is 34.7 Å². The SMILES string of the molecule is CC(C)NCCn1nnnc1SC(C)C(N)=O. The molecule has 0 aliphatic heterocycles. The second kappa shape index (κ2) is 6.55. The summed E-state index contributed by atoms with van der Waals surface area (Å²) in [5, 5.41) is 14.9. The zero-order valence-electron chi connectivity index (χ0n) is 10.3. The molecule has 0 bridgehead atoms. The van der Waals surface area contributed by atoms with Crippen molar-refractivity contribution in [2.75, 3.05) is 6.54 Å². The van der Waals surface area contributed by atoms with Crippen molar-refractivity contribution in [1.29, 1.82) is 0 Å². The topological polar surface area (TPSA) is 98.7 Å². The van der Waals surface area contributed by atoms with Crippen molar-refractivity contribution >= 4 is 17.7 Å². The molecule has 0 fully saturated rings. The van der Waals surface area contributed by atoms with Crippen LogP contribution >= 0.6 is 11.8 Å². The Morgan fingerprint density at radius 1 is 1.53 bits per heavy atom. The predicted molar refractivity (Wildman–Crippen MR) is 65.5 cm³/mol. The van der Waals surface area contributed by atoms with Gasteiger partial charge in [-0.15, -0.1) is 5.10 Å². The van der Waals surface area contributed by atoms with Gasteiger partial charge in [0.15, 0.2) is 0 Å². The van der Waals surface area contributed by atoms with Gasteiger partial charge in [-0.3, -0.25) is 4.79 Å².